The fourth-order valence-corrected chi connectivity index (χ4v) is 3.34. The molecule has 0 saturated carbocycles. The minimum Gasteiger partial charge on any atom is -0.373 e. The number of nitrogens with one attached hydrogen (secondary N) is 1. The highest BCUT2D eigenvalue weighted by Crippen LogP contribution is 2.21. The van der Waals surface area contributed by atoms with Crippen molar-refractivity contribution in [1.82, 2.24) is 10.2 Å². The first-order valence-electron chi connectivity index (χ1n) is 9.36. The predicted molar refractivity (Wildman–Crippen MR) is 101 cm³/mol. The minimum atomic E-state index is -0.296. The summed E-state index contributed by atoms with van der Waals surface area (Å²) in [6.45, 7) is 7.15. The summed E-state index contributed by atoms with van der Waals surface area (Å²) in [6, 6.07) is 10.6. The van der Waals surface area contributed by atoms with Crippen LogP contribution >= 0.6 is 0 Å². The van der Waals surface area contributed by atoms with E-state index in [-0.39, 0.29) is 17.5 Å². The molecule has 0 radical (unpaired) electrons. The highest BCUT2D eigenvalue weighted by atomic mass is 16.1. The van der Waals surface area contributed by atoms with Gasteiger partial charge in [0.1, 0.15) is 11.6 Å². The third-order valence-corrected chi connectivity index (χ3v) is 5.04. The van der Waals surface area contributed by atoms with Crippen molar-refractivity contribution in [2.45, 2.75) is 65.0 Å². The van der Waals surface area contributed by atoms with Gasteiger partial charge in [-0.15, -0.1) is 0 Å². The van der Waals surface area contributed by atoms with Gasteiger partial charge in [0.25, 0.3) is 5.91 Å². The van der Waals surface area contributed by atoms with Gasteiger partial charge in [0.2, 0.25) is 0 Å². The molecule has 2 rings (SSSR count). The molecule has 25 heavy (non-hydrogen) atoms. The van der Waals surface area contributed by atoms with Crippen molar-refractivity contribution in [2.75, 3.05) is 6.54 Å². The Labute approximate surface area is 151 Å². The summed E-state index contributed by atoms with van der Waals surface area (Å²) >= 11 is 0. The molecule has 4 nitrogen and oxygen atoms in total. The Kier molecular flexibility index (Phi) is 7.06. The van der Waals surface area contributed by atoms with Crippen LogP contribution in [-0.4, -0.2) is 23.4 Å². The van der Waals surface area contributed by atoms with Crippen molar-refractivity contribution in [3.63, 3.8) is 0 Å². The van der Waals surface area contributed by atoms with Gasteiger partial charge in [0.15, 0.2) is 0 Å². The summed E-state index contributed by atoms with van der Waals surface area (Å²) in [7, 11) is 0. The van der Waals surface area contributed by atoms with Crippen molar-refractivity contribution in [1.29, 1.82) is 5.26 Å². The smallest absolute Gasteiger partial charge is 0.263 e. The lowest BCUT2D eigenvalue weighted by atomic mass is 10.0. The number of rotatable bonds is 6. The standard InChI is InChI=1S/C21H29N3O/c1-4-17-9-11-18(12-10-17)16(3)23-21(25)19(14-22)15-24-13-7-6-8-20(24)5-2/h9-12,15-16,20H,4-8,13H2,1-3H3,(H,23,25)/b19-15-. The molecule has 0 aromatic heterocycles. The van der Waals surface area contributed by atoms with Crippen LogP contribution < -0.4 is 5.32 Å². The Morgan fingerprint density at radius 1 is 1.36 bits per heavy atom. The fourth-order valence-electron chi connectivity index (χ4n) is 3.34. The zero-order valence-corrected chi connectivity index (χ0v) is 15.6. The van der Waals surface area contributed by atoms with Crippen LogP contribution in [0.4, 0.5) is 0 Å². The zero-order valence-electron chi connectivity index (χ0n) is 15.6. The average molecular weight is 339 g/mol. The third kappa shape index (κ3) is 5.09. The van der Waals surface area contributed by atoms with Crippen LogP contribution in [0.2, 0.25) is 0 Å². The van der Waals surface area contributed by atoms with Crippen LogP contribution in [0.15, 0.2) is 36.0 Å². The number of benzene rings is 1. The second-order valence-electron chi connectivity index (χ2n) is 6.74. The summed E-state index contributed by atoms with van der Waals surface area (Å²) in [5, 5.41) is 12.4. The van der Waals surface area contributed by atoms with Crippen molar-refractivity contribution < 1.29 is 4.79 Å². The maximum absolute atomic E-state index is 12.5. The molecule has 1 aliphatic heterocycles. The van der Waals surface area contributed by atoms with E-state index in [4.69, 9.17) is 0 Å². The van der Waals surface area contributed by atoms with Gasteiger partial charge in [-0.05, 0) is 50.2 Å². The van der Waals surface area contributed by atoms with Crippen LogP contribution in [0.3, 0.4) is 0 Å². The summed E-state index contributed by atoms with van der Waals surface area (Å²) in [4.78, 5) is 14.7. The van der Waals surface area contributed by atoms with E-state index in [0.717, 1.165) is 37.8 Å². The van der Waals surface area contributed by atoms with E-state index in [1.165, 1.54) is 12.0 Å². The molecule has 0 aliphatic carbocycles. The number of carbonyl (C=O) groups excluding carboxylic acids is 1. The van der Waals surface area contributed by atoms with E-state index < -0.39 is 0 Å². The molecular weight excluding hydrogens is 310 g/mol. The fraction of sp³-hybridized carbons (Fsp3) is 0.524. The lowest BCUT2D eigenvalue weighted by Gasteiger charge is -2.34. The maximum atomic E-state index is 12.5. The van der Waals surface area contributed by atoms with E-state index >= 15 is 0 Å². The molecule has 1 aromatic carbocycles. The largest absolute Gasteiger partial charge is 0.373 e. The molecule has 1 aromatic rings. The first-order valence-corrected chi connectivity index (χ1v) is 9.36. The van der Waals surface area contributed by atoms with Gasteiger partial charge in [-0.2, -0.15) is 5.26 Å². The molecule has 1 fully saturated rings. The van der Waals surface area contributed by atoms with Crippen molar-refractivity contribution >= 4 is 5.91 Å². The van der Waals surface area contributed by atoms with Gasteiger partial charge in [0, 0.05) is 18.8 Å². The Bertz CT molecular complexity index is 642. The van der Waals surface area contributed by atoms with Gasteiger partial charge in [0.05, 0.1) is 6.04 Å². The first kappa shape index (κ1) is 19.1. The zero-order chi connectivity index (χ0) is 18.2. The molecule has 0 spiro atoms. The van der Waals surface area contributed by atoms with Gasteiger partial charge >= 0.3 is 0 Å². The number of nitriles is 1. The molecule has 2 atom stereocenters. The van der Waals surface area contributed by atoms with E-state index in [0.29, 0.717) is 6.04 Å². The number of piperidine rings is 1. The highest BCUT2D eigenvalue weighted by Gasteiger charge is 2.21. The van der Waals surface area contributed by atoms with Crippen molar-refractivity contribution in [2.24, 2.45) is 0 Å². The third-order valence-electron chi connectivity index (χ3n) is 5.04. The van der Waals surface area contributed by atoms with Crippen LogP contribution in [-0.2, 0) is 11.2 Å². The SMILES string of the molecule is CCc1ccc(C(C)NC(=O)/C(C#N)=C\N2CCCCC2CC)cc1. The van der Waals surface area contributed by atoms with Gasteiger partial charge < -0.3 is 10.2 Å². The molecule has 134 valence electrons. The van der Waals surface area contributed by atoms with Crippen molar-refractivity contribution in [3.05, 3.63) is 47.2 Å². The van der Waals surface area contributed by atoms with Gasteiger partial charge in [-0.1, -0.05) is 38.1 Å². The van der Waals surface area contributed by atoms with Gasteiger partial charge in [-0.3, -0.25) is 4.79 Å². The molecule has 1 amide bonds. The number of carbonyl (C=O) groups is 1. The minimum absolute atomic E-state index is 0.126. The Balaban J connectivity index is 2.05. The van der Waals surface area contributed by atoms with Crippen LogP contribution in [0.25, 0.3) is 0 Å². The second-order valence-corrected chi connectivity index (χ2v) is 6.74. The number of likely N-dealkylation sites (tertiary alicyclic amines) is 1. The topological polar surface area (TPSA) is 56.1 Å². The molecule has 1 N–H and O–H groups in total. The Hall–Kier alpha value is -2.28. The van der Waals surface area contributed by atoms with E-state index in [1.807, 2.05) is 19.1 Å². The second kappa shape index (κ2) is 9.27. The van der Waals surface area contributed by atoms with Gasteiger partial charge in [-0.25, -0.2) is 0 Å². The quantitative estimate of drug-likeness (QED) is 0.627. The first-order chi connectivity index (χ1) is 12.1. The number of amides is 1. The van der Waals surface area contributed by atoms with Crippen LogP contribution in [0, 0.1) is 11.3 Å². The summed E-state index contributed by atoms with van der Waals surface area (Å²) in [5.41, 5.74) is 2.51. The molecule has 1 saturated heterocycles. The summed E-state index contributed by atoms with van der Waals surface area (Å²) in [6.07, 6.45) is 7.27. The molecule has 2 unspecified atom stereocenters. The Morgan fingerprint density at radius 2 is 2.08 bits per heavy atom. The molecule has 4 heteroatoms. The van der Waals surface area contributed by atoms with E-state index in [2.05, 4.69) is 42.3 Å². The van der Waals surface area contributed by atoms with Crippen molar-refractivity contribution in [3.8, 4) is 6.07 Å². The normalized spacial score (nSPS) is 19.2. The average Bonchev–Trinajstić information content (AvgIpc) is 2.66. The lowest BCUT2D eigenvalue weighted by Crippen LogP contribution is -2.36. The molecule has 1 heterocycles. The monoisotopic (exact) mass is 339 g/mol. The number of hydrogen-bond acceptors (Lipinski definition) is 3. The number of hydrogen-bond donors (Lipinski definition) is 1. The highest BCUT2D eigenvalue weighted by molar-refractivity contribution is 5.97. The lowest BCUT2D eigenvalue weighted by molar-refractivity contribution is -0.117. The molecule has 1 aliphatic rings. The molecule has 0 bridgehead atoms. The summed E-state index contributed by atoms with van der Waals surface area (Å²) < 4.78 is 0. The number of aryl methyl sites for hydroxylation is 1. The maximum Gasteiger partial charge on any atom is 0.263 e. The van der Waals surface area contributed by atoms with E-state index in [1.54, 1.807) is 6.20 Å². The number of nitrogens with zero attached hydrogens (tertiary/aromatic N) is 2. The molecular formula is C21H29N3O. The Morgan fingerprint density at radius 3 is 2.68 bits per heavy atom. The van der Waals surface area contributed by atoms with E-state index in [9.17, 15) is 10.1 Å². The van der Waals surface area contributed by atoms with Crippen LogP contribution in [0.1, 0.15) is 63.6 Å². The predicted octanol–water partition coefficient (Wildman–Crippen LogP) is 4.10. The van der Waals surface area contributed by atoms with Crippen LogP contribution in [0.5, 0.6) is 0 Å². The summed E-state index contributed by atoms with van der Waals surface area (Å²) in [5.74, 6) is -0.296.